The maximum absolute atomic E-state index is 13.9. The first-order valence-electron chi connectivity index (χ1n) is 11.6. The summed E-state index contributed by atoms with van der Waals surface area (Å²) < 4.78 is 42.4. The number of pyridine rings is 1. The number of allylic oxidation sites excluding steroid dienone is 2. The Hall–Kier alpha value is -2.39. The summed E-state index contributed by atoms with van der Waals surface area (Å²) in [6.07, 6.45) is 4.69. The number of rotatable bonds is 10. The lowest BCUT2D eigenvalue weighted by Crippen LogP contribution is -2.37. The third kappa shape index (κ3) is 6.20. The van der Waals surface area contributed by atoms with Crippen LogP contribution in [0.2, 0.25) is 0 Å². The van der Waals surface area contributed by atoms with Gasteiger partial charge in [-0.05, 0) is 56.3 Å². The molecule has 2 fully saturated rings. The number of hydrogen-bond acceptors (Lipinski definition) is 9. The topological polar surface area (TPSA) is 133 Å². The van der Waals surface area contributed by atoms with Gasteiger partial charge in [-0.25, -0.2) is 9.88 Å². The molecule has 37 heavy (non-hydrogen) atoms. The molecule has 0 radical (unpaired) electrons. The predicted molar refractivity (Wildman–Crippen MR) is 140 cm³/mol. The van der Waals surface area contributed by atoms with E-state index < -0.39 is 28.4 Å². The molecule has 1 aromatic rings. The largest absolute Gasteiger partial charge is 0.480 e. The number of aliphatic hydroxyl groups is 1. The average molecular weight is 571 g/mol. The summed E-state index contributed by atoms with van der Waals surface area (Å²) in [4.78, 5) is 23.1. The molecule has 0 saturated carbocycles. The fourth-order valence-electron chi connectivity index (χ4n) is 4.36. The molecule has 200 valence electrons. The number of aliphatic hydroxyl groups excluding tert-OH is 1. The average Bonchev–Trinajstić information content (AvgIpc) is 3.35. The SMILES string of the molecule is CC(O)OCCN1C(=S)N(c2ccccn2)C(=O)C1=C1C(Cl)=CC=C2OCN(CCCCS(=O)(=O)O)C21. The van der Waals surface area contributed by atoms with Gasteiger partial charge in [0.1, 0.15) is 24.0 Å². The van der Waals surface area contributed by atoms with Crippen LogP contribution in [0.4, 0.5) is 5.82 Å². The number of thiocarbonyl (C=S) groups is 1. The van der Waals surface area contributed by atoms with Crippen LogP contribution in [0.1, 0.15) is 19.8 Å². The van der Waals surface area contributed by atoms with Gasteiger partial charge in [-0.3, -0.25) is 14.2 Å². The zero-order valence-electron chi connectivity index (χ0n) is 20.0. The van der Waals surface area contributed by atoms with E-state index in [4.69, 9.17) is 37.8 Å². The summed E-state index contributed by atoms with van der Waals surface area (Å²) in [6, 6.07) is 4.65. The molecule has 1 aliphatic carbocycles. The van der Waals surface area contributed by atoms with Crippen LogP contribution in [-0.2, 0) is 24.4 Å². The smallest absolute Gasteiger partial charge is 0.282 e. The number of carbonyl (C=O) groups excluding carboxylic acids is 1. The number of amides is 1. The molecule has 4 rings (SSSR count). The molecule has 14 heteroatoms. The van der Waals surface area contributed by atoms with Crippen LogP contribution in [-0.4, -0.2) is 88.4 Å². The van der Waals surface area contributed by atoms with Crippen LogP contribution < -0.4 is 4.90 Å². The number of halogens is 1. The molecular weight excluding hydrogens is 544 g/mol. The number of unbranched alkanes of at least 4 members (excludes halogenated alkanes) is 1. The molecule has 2 atom stereocenters. The van der Waals surface area contributed by atoms with Gasteiger partial charge in [0.25, 0.3) is 16.0 Å². The third-order valence-electron chi connectivity index (χ3n) is 5.96. The highest BCUT2D eigenvalue weighted by Gasteiger charge is 2.47. The first-order chi connectivity index (χ1) is 17.6. The Labute approximate surface area is 225 Å². The van der Waals surface area contributed by atoms with E-state index in [1.54, 1.807) is 41.4 Å². The van der Waals surface area contributed by atoms with Crippen molar-refractivity contribution < 1.29 is 32.3 Å². The molecule has 2 saturated heterocycles. The fourth-order valence-corrected chi connectivity index (χ4v) is 5.55. The summed E-state index contributed by atoms with van der Waals surface area (Å²) in [7, 11) is -4.05. The van der Waals surface area contributed by atoms with Crippen molar-refractivity contribution in [2.24, 2.45) is 0 Å². The van der Waals surface area contributed by atoms with E-state index in [1.807, 2.05) is 4.90 Å². The monoisotopic (exact) mass is 570 g/mol. The van der Waals surface area contributed by atoms with Crippen molar-refractivity contribution in [2.45, 2.75) is 32.1 Å². The Morgan fingerprint density at radius 2 is 2.08 bits per heavy atom. The Morgan fingerprint density at radius 3 is 2.76 bits per heavy atom. The van der Waals surface area contributed by atoms with Crippen LogP contribution >= 0.6 is 23.8 Å². The minimum absolute atomic E-state index is 0.0858. The van der Waals surface area contributed by atoms with E-state index in [0.717, 1.165) is 0 Å². The molecule has 1 amide bonds. The van der Waals surface area contributed by atoms with Crippen molar-refractivity contribution in [1.82, 2.24) is 14.8 Å². The van der Waals surface area contributed by atoms with Gasteiger partial charge < -0.3 is 19.5 Å². The number of ether oxygens (including phenoxy) is 2. The number of nitrogens with zero attached hydrogens (tertiary/aromatic N) is 4. The predicted octanol–water partition coefficient (Wildman–Crippen LogP) is 1.97. The summed E-state index contributed by atoms with van der Waals surface area (Å²) in [6.45, 7) is 2.39. The zero-order chi connectivity index (χ0) is 26.7. The van der Waals surface area contributed by atoms with E-state index in [0.29, 0.717) is 35.1 Å². The van der Waals surface area contributed by atoms with Crippen LogP contribution in [0.3, 0.4) is 0 Å². The Balaban J connectivity index is 1.70. The highest BCUT2D eigenvalue weighted by atomic mass is 35.5. The van der Waals surface area contributed by atoms with Gasteiger partial charge in [-0.15, -0.1) is 0 Å². The molecule has 2 aliphatic heterocycles. The van der Waals surface area contributed by atoms with Gasteiger partial charge in [0.05, 0.1) is 18.4 Å². The van der Waals surface area contributed by atoms with Gasteiger partial charge >= 0.3 is 0 Å². The van der Waals surface area contributed by atoms with E-state index in [9.17, 15) is 18.3 Å². The molecule has 2 unspecified atom stereocenters. The first kappa shape index (κ1) is 27.6. The number of carbonyl (C=O) groups is 1. The molecule has 0 aromatic carbocycles. The standard InChI is InChI=1S/C23H27ClN4O7S2/c1-15(29)34-12-11-27-21(22(30)28(23(27)36)18-6-2-3-9-25-18)19-16(24)7-8-17-20(19)26(14-35-17)10-4-5-13-37(31,32)33/h2-3,6-9,15,20,29H,4-5,10-14H2,1H3,(H,31,32,33). The van der Waals surface area contributed by atoms with Crippen molar-refractivity contribution >= 4 is 50.8 Å². The summed E-state index contributed by atoms with van der Waals surface area (Å²) in [5, 5.41) is 10.1. The molecule has 1 aromatic heterocycles. The molecule has 2 N–H and O–H groups in total. The molecule has 11 nitrogen and oxygen atoms in total. The third-order valence-corrected chi connectivity index (χ3v) is 7.50. The van der Waals surface area contributed by atoms with Crippen LogP contribution in [0, 0.1) is 0 Å². The van der Waals surface area contributed by atoms with E-state index in [1.165, 1.54) is 11.8 Å². The summed E-state index contributed by atoms with van der Waals surface area (Å²) in [5.41, 5.74) is 0.740. The number of fused-ring (bicyclic) bond motifs is 1. The molecule has 3 heterocycles. The van der Waals surface area contributed by atoms with E-state index >= 15 is 0 Å². The van der Waals surface area contributed by atoms with Gasteiger partial charge in [0.15, 0.2) is 11.4 Å². The summed E-state index contributed by atoms with van der Waals surface area (Å²) in [5.74, 6) is 0.191. The number of anilines is 1. The van der Waals surface area contributed by atoms with Crippen molar-refractivity contribution in [3.63, 3.8) is 0 Å². The van der Waals surface area contributed by atoms with Crippen molar-refractivity contribution in [1.29, 1.82) is 0 Å². The van der Waals surface area contributed by atoms with E-state index in [-0.39, 0.29) is 42.9 Å². The number of aromatic nitrogens is 1. The van der Waals surface area contributed by atoms with Gasteiger partial charge in [-0.1, -0.05) is 17.7 Å². The van der Waals surface area contributed by atoms with Crippen LogP contribution in [0.5, 0.6) is 0 Å². The van der Waals surface area contributed by atoms with Crippen LogP contribution in [0.25, 0.3) is 0 Å². The summed E-state index contributed by atoms with van der Waals surface area (Å²) >= 11 is 12.4. The Morgan fingerprint density at radius 1 is 1.30 bits per heavy atom. The van der Waals surface area contributed by atoms with Crippen molar-refractivity contribution in [3.8, 4) is 0 Å². The molecule has 3 aliphatic rings. The van der Waals surface area contributed by atoms with Crippen LogP contribution in [0.15, 0.2) is 58.6 Å². The lowest BCUT2D eigenvalue weighted by Gasteiger charge is -2.29. The second-order valence-corrected chi connectivity index (χ2v) is 10.9. The van der Waals surface area contributed by atoms with Crippen molar-refractivity contribution in [3.05, 3.63) is 58.6 Å². The maximum atomic E-state index is 13.9. The zero-order valence-corrected chi connectivity index (χ0v) is 22.4. The quantitative estimate of drug-likeness (QED) is 0.141. The lowest BCUT2D eigenvalue weighted by molar-refractivity contribution is -0.114. The van der Waals surface area contributed by atoms with Gasteiger partial charge in [0.2, 0.25) is 0 Å². The highest BCUT2D eigenvalue weighted by molar-refractivity contribution is 7.85. The van der Waals surface area contributed by atoms with Crippen molar-refractivity contribution in [2.75, 3.05) is 37.1 Å². The lowest BCUT2D eigenvalue weighted by atomic mass is 9.96. The van der Waals surface area contributed by atoms with E-state index in [2.05, 4.69) is 4.98 Å². The minimum atomic E-state index is -4.05. The fraction of sp³-hybridized carbons (Fsp3) is 0.435. The Bertz CT molecular complexity index is 1250. The normalized spacial score (nSPS) is 23.2. The first-order valence-corrected chi connectivity index (χ1v) is 14.0. The molecule has 0 spiro atoms. The molecule has 0 bridgehead atoms. The second kappa shape index (κ2) is 11.6. The second-order valence-electron chi connectivity index (χ2n) is 8.56. The van der Waals surface area contributed by atoms with Gasteiger partial charge in [-0.2, -0.15) is 8.42 Å². The minimum Gasteiger partial charge on any atom is -0.480 e. The highest BCUT2D eigenvalue weighted by Crippen LogP contribution is 2.41. The van der Waals surface area contributed by atoms with Gasteiger partial charge in [0, 0.05) is 29.9 Å². The Kier molecular flexibility index (Phi) is 8.63. The molecular formula is C23H27ClN4O7S2. The maximum Gasteiger partial charge on any atom is 0.282 e. The number of hydrogen-bond donors (Lipinski definition) is 2.